The Kier molecular flexibility index (Phi) is 5.49. The third kappa shape index (κ3) is 3.61. The topological polar surface area (TPSA) is 39.1 Å². The lowest BCUT2D eigenvalue weighted by atomic mass is 10.2. The van der Waals surface area contributed by atoms with Crippen LogP contribution in [0, 0.1) is 6.92 Å². The lowest BCUT2D eigenvalue weighted by Crippen LogP contribution is -2.18. The molecule has 1 unspecified atom stereocenters. The molecule has 0 saturated heterocycles. The fraction of sp³-hybridized carbons (Fsp3) is 0.750. The Hall–Kier alpha value is -0.870. The average molecular weight is 225 g/mol. The van der Waals surface area contributed by atoms with Gasteiger partial charge in [-0.05, 0) is 26.8 Å². The summed E-state index contributed by atoms with van der Waals surface area (Å²) >= 11 is 0. The molecule has 0 saturated carbocycles. The highest BCUT2D eigenvalue weighted by Gasteiger charge is 2.08. The molecule has 0 bridgehead atoms. The lowest BCUT2D eigenvalue weighted by molar-refractivity contribution is 0.0992. The summed E-state index contributed by atoms with van der Waals surface area (Å²) in [5, 5.41) is 7.77. The summed E-state index contributed by atoms with van der Waals surface area (Å²) in [6.45, 7) is 9.11. The Morgan fingerprint density at radius 3 is 2.94 bits per heavy atom. The summed E-state index contributed by atoms with van der Waals surface area (Å²) in [5.74, 6) is 0. The number of nitrogens with one attached hydrogen (secondary N) is 1. The molecule has 1 atom stereocenters. The van der Waals surface area contributed by atoms with Gasteiger partial charge in [0.2, 0.25) is 0 Å². The van der Waals surface area contributed by atoms with Crippen molar-refractivity contribution in [3.05, 3.63) is 17.5 Å². The first-order valence-corrected chi connectivity index (χ1v) is 5.93. The number of ether oxygens (including phenoxy) is 1. The molecule has 4 nitrogen and oxygen atoms in total. The van der Waals surface area contributed by atoms with Crippen LogP contribution in [0.5, 0.6) is 0 Å². The Morgan fingerprint density at radius 2 is 2.31 bits per heavy atom. The summed E-state index contributed by atoms with van der Waals surface area (Å²) < 4.78 is 7.25. The van der Waals surface area contributed by atoms with Crippen molar-refractivity contribution in [2.45, 2.75) is 46.4 Å². The van der Waals surface area contributed by atoms with E-state index in [4.69, 9.17) is 4.74 Å². The van der Waals surface area contributed by atoms with E-state index in [1.54, 1.807) is 7.11 Å². The highest BCUT2D eigenvalue weighted by atomic mass is 16.5. The zero-order chi connectivity index (χ0) is 12.0. The highest BCUT2D eigenvalue weighted by Crippen LogP contribution is 2.08. The van der Waals surface area contributed by atoms with E-state index in [-0.39, 0.29) is 6.10 Å². The maximum Gasteiger partial charge on any atom is 0.0739 e. The smallest absolute Gasteiger partial charge is 0.0739 e. The fourth-order valence-electron chi connectivity index (χ4n) is 1.56. The third-order valence-electron chi connectivity index (χ3n) is 2.78. The summed E-state index contributed by atoms with van der Waals surface area (Å²) in [5.41, 5.74) is 2.50. The van der Waals surface area contributed by atoms with E-state index in [2.05, 4.69) is 31.2 Å². The number of hydrogen-bond acceptors (Lipinski definition) is 3. The van der Waals surface area contributed by atoms with Crippen molar-refractivity contribution in [2.75, 3.05) is 13.7 Å². The van der Waals surface area contributed by atoms with Crippen LogP contribution in [-0.4, -0.2) is 29.5 Å². The van der Waals surface area contributed by atoms with Crippen molar-refractivity contribution < 1.29 is 4.74 Å². The van der Waals surface area contributed by atoms with Crippen LogP contribution in [0.1, 0.15) is 31.5 Å². The Bertz CT molecular complexity index is 309. The molecule has 0 amide bonds. The molecule has 1 N–H and O–H groups in total. The van der Waals surface area contributed by atoms with Crippen LogP contribution in [0.3, 0.4) is 0 Å². The standard InChI is InChI=1S/C12H23N3O/c1-5-6-13-7-12-8-14-15(11(12)3)9-10(2)16-4/h8,10,13H,5-7,9H2,1-4H3. The fourth-order valence-corrected chi connectivity index (χ4v) is 1.56. The number of methoxy groups -OCH3 is 1. The van der Waals surface area contributed by atoms with Gasteiger partial charge in [-0.15, -0.1) is 0 Å². The normalized spacial score (nSPS) is 13.0. The first-order chi connectivity index (χ1) is 7.69. The molecule has 0 spiro atoms. The summed E-state index contributed by atoms with van der Waals surface area (Å²) in [7, 11) is 1.73. The SMILES string of the molecule is CCCNCc1cnn(CC(C)OC)c1C. The molecule has 1 aromatic heterocycles. The predicted molar refractivity (Wildman–Crippen MR) is 65.4 cm³/mol. The van der Waals surface area contributed by atoms with Gasteiger partial charge in [-0.3, -0.25) is 4.68 Å². The minimum Gasteiger partial charge on any atom is -0.380 e. The van der Waals surface area contributed by atoms with Gasteiger partial charge in [0.05, 0.1) is 18.8 Å². The van der Waals surface area contributed by atoms with Gasteiger partial charge in [0.25, 0.3) is 0 Å². The van der Waals surface area contributed by atoms with Crippen molar-refractivity contribution in [1.82, 2.24) is 15.1 Å². The van der Waals surface area contributed by atoms with E-state index >= 15 is 0 Å². The van der Waals surface area contributed by atoms with E-state index in [1.807, 2.05) is 10.9 Å². The molecule has 0 radical (unpaired) electrons. The maximum atomic E-state index is 5.24. The number of aromatic nitrogens is 2. The minimum absolute atomic E-state index is 0.204. The molecular weight excluding hydrogens is 202 g/mol. The molecule has 1 heterocycles. The molecule has 1 aromatic rings. The summed E-state index contributed by atoms with van der Waals surface area (Å²) in [6.07, 6.45) is 3.31. The number of hydrogen-bond donors (Lipinski definition) is 1. The van der Waals surface area contributed by atoms with Crippen LogP contribution in [0.2, 0.25) is 0 Å². The second-order valence-electron chi connectivity index (χ2n) is 4.16. The van der Waals surface area contributed by atoms with Gasteiger partial charge >= 0.3 is 0 Å². The first-order valence-electron chi connectivity index (χ1n) is 5.93. The molecular formula is C12H23N3O. The van der Waals surface area contributed by atoms with Gasteiger partial charge in [-0.25, -0.2) is 0 Å². The molecule has 0 aromatic carbocycles. The molecule has 0 aliphatic heterocycles. The monoisotopic (exact) mass is 225 g/mol. The van der Waals surface area contributed by atoms with Crippen LogP contribution in [0.25, 0.3) is 0 Å². The Morgan fingerprint density at radius 1 is 1.56 bits per heavy atom. The average Bonchev–Trinajstić information content (AvgIpc) is 2.62. The van der Waals surface area contributed by atoms with E-state index < -0.39 is 0 Å². The molecule has 0 fully saturated rings. The van der Waals surface area contributed by atoms with E-state index in [0.29, 0.717) is 0 Å². The van der Waals surface area contributed by atoms with E-state index in [9.17, 15) is 0 Å². The van der Waals surface area contributed by atoms with Gasteiger partial charge in [0.15, 0.2) is 0 Å². The van der Waals surface area contributed by atoms with Crippen LogP contribution in [-0.2, 0) is 17.8 Å². The molecule has 16 heavy (non-hydrogen) atoms. The van der Waals surface area contributed by atoms with Crippen LogP contribution < -0.4 is 5.32 Å². The maximum absolute atomic E-state index is 5.24. The predicted octanol–water partition coefficient (Wildman–Crippen LogP) is 1.73. The van der Waals surface area contributed by atoms with Gasteiger partial charge in [0, 0.05) is 24.9 Å². The van der Waals surface area contributed by atoms with Gasteiger partial charge in [-0.1, -0.05) is 6.92 Å². The Labute approximate surface area is 98.0 Å². The van der Waals surface area contributed by atoms with Crippen LogP contribution in [0.4, 0.5) is 0 Å². The molecule has 1 rings (SSSR count). The first kappa shape index (κ1) is 13.2. The van der Waals surface area contributed by atoms with Gasteiger partial charge in [0.1, 0.15) is 0 Å². The van der Waals surface area contributed by atoms with Gasteiger partial charge < -0.3 is 10.1 Å². The second kappa shape index (κ2) is 6.66. The number of nitrogens with zero attached hydrogens (tertiary/aromatic N) is 2. The second-order valence-corrected chi connectivity index (χ2v) is 4.16. The minimum atomic E-state index is 0.204. The van der Waals surface area contributed by atoms with Crippen molar-refractivity contribution in [1.29, 1.82) is 0 Å². The highest BCUT2D eigenvalue weighted by molar-refractivity contribution is 5.15. The molecule has 4 heteroatoms. The van der Waals surface area contributed by atoms with E-state index in [0.717, 1.165) is 26.1 Å². The Balaban J connectivity index is 2.54. The largest absolute Gasteiger partial charge is 0.380 e. The van der Waals surface area contributed by atoms with Crippen molar-refractivity contribution in [3.8, 4) is 0 Å². The summed E-state index contributed by atoms with van der Waals surface area (Å²) in [6, 6.07) is 0. The zero-order valence-electron chi connectivity index (χ0n) is 10.8. The third-order valence-corrected chi connectivity index (χ3v) is 2.78. The quantitative estimate of drug-likeness (QED) is 0.718. The van der Waals surface area contributed by atoms with E-state index in [1.165, 1.54) is 11.3 Å². The van der Waals surface area contributed by atoms with Crippen LogP contribution in [0.15, 0.2) is 6.20 Å². The van der Waals surface area contributed by atoms with Crippen molar-refractivity contribution >= 4 is 0 Å². The van der Waals surface area contributed by atoms with Crippen molar-refractivity contribution in [3.63, 3.8) is 0 Å². The zero-order valence-corrected chi connectivity index (χ0v) is 10.8. The molecule has 92 valence electrons. The van der Waals surface area contributed by atoms with Crippen LogP contribution >= 0.6 is 0 Å². The molecule has 0 aliphatic rings. The number of rotatable bonds is 7. The van der Waals surface area contributed by atoms with Gasteiger partial charge in [-0.2, -0.15) is 5.10 Å². The van der Waals surface area contributed by atoms with Crippen molar-refractivity contribution in [2.24, 2.45) is 0 Å². The summed E-state index contributed by atoms with van der Waals surface area (Å²) in [4.78, 5) is 0. The molecule has 0 aliphatic carbocycles. The lowest BCUT2D eigenvalue weighted by Gasteiger charge is -2.11.